The lowest BCUT2D eigenvalue weighted by atomic mass is 9.95. The van der Waals surface area contributed by atoms with Gasteiger partial charge in [0.25, 0.3) is 0 Å². The zero-order valence-corrected chi connectivity index (χ0v) is 14.4. The van der Waals surface area contributed by atoms with Crippen molar-refractivity contribution >= 4 is 12.0 Å². The van der Waals surface area contributed by atoms with Crippen LogP contribution in [0.25, 0.3) is 0 Å². The summed E-state index contributed by atoms with van der Waals surface area (Å²) in [4.78, 5) is 26.1. The average molecular weight is 355 g/mol. The molecule has 1 aliphatic heterocycles. The van der Waals surface area contributed by atoms with Gasteiger partial charge in [-0.2, -0.15) is 0 Å². The van der Waals surface area contributed by atoms with Crippen molar-refractivity contribution in [2.24, 2.45) is 5.92 Å². The molecule has 1 aliphatic rings. The molecule has 0 saturated carbocycles. The minimum absolute atomic E-state index is 0.0750. The Morgan fingerprint density at radius 2 is 1.85 bits per heavy atom. The Labute approximate surface area is 151 Å². The maximum absolute atomic E-state index is 12.9. The summed E-state index contributed by atoms with van der Waals surface area (Å²) in [5.74, 6) is -1.23. The largest absolute Gasteiger partial charge is 0.508 e. The van der Waals surface area contributed by atoms with Crippen LogP contribution < -0.4 is 0 Å². The van der Waals surface area contributed by atoms with Crippen LogP contribution in [0.2, 0.25) is 0 Å². The fourth-order valence-corrected chi connectivity index (χ4v) is 3.08. The molecule has 26 heavy (non-hydrogen) atoms. The quantitative estimate of drug-likeness (QED) is 0.861. The summed E-state index contributed by atoms with van der Waals surface area (Å²) >= 11 is 0. The van der Waals surface area contributed by atoms with Crippen LogP contribution in [0.3, 0.4) is 0 Å². The number of aromatic hydroxyl groups is 1. The molecule has 2 aromatic rings. The molecule has 1 saturated heterocycles. The summed E-state index contributed by atoms with van der Waals surface area (Å²) in [6.07, 6.45) is -1.27. The minimum Gasteiger partial charge on any atom is -0.508 e. The van der Waals surface area contributed by atoms with Gasteiger partial charge in [0.2, 0.25) is 5.91 Å². The summed E-state index contributed by atoms with van der Waals surface area (Å²) < 4.78 is 5.07. The zero-order chi connectivity index (χ0) is 18.7. The van der Waals surface area contributed by atoms with Crippen molar-refractivity contribution in [2.45, 2.75) is 25.5 Å². The average Bonchev–Trinajstić information content (AvgIpc) is 3.01. The van der Waals surface area contributed by atoms with Crippen LogP contribution in [-0.4, -0.2) is 39.8 Å². The van der Waals surface area contributed by atoms with Gasteiger partial charge in [0.1, 0.15) is 12.4 Å². The molecule has 0 aliphatic carbocycles. The molecule has 1 heterocycles. The third-order valence-electron chi connectivity index (χ3n) is 4.61. The molecule has 0 aromatic heterocycles. The van der Waals surface area contributed by atoms with Crippen molar-refractivity contribution in [3.05, 3.63) is 65.7 Å². The Bertz CT molecular complexity index is 775. The van der Waals surface area contributed by atoms with E-state index in [1.165, 1.54) is 12.1 Å². The highest BCUT2D eigenvalue weighted by Gasteiger charge is 2.41. The molecular weight excluding hydrogens is 334 g/mol. The second kappa shape index (κ2) is 7.58. The smallest absolute Gasteiger partial charge is 0.416 e. The molecule has 3 rings (SSSR count). The van der Waals surface area contributed by atoms with E-state index in [1.807, 2.05) is 30.3 Å². The highest BCUT2D eigenvalue weighted by atomic mass is 16.6. The number of aliphatic hydroxyl groups excluding tert-OH is 1. The zero-order valence-electron chi connectivity index (χ0n) is 14.4. The molecule has 1 fully saturated rings. The van der Waals surface area contributed by atoms with Crippen molar-refractivity contribution < 1.29 is 24.5 Å². The molecule has 2 N–H and O–H groups in total. The lowest BCUT2D eigenvalue weighted by Crippen LogP contribution is -2.44. The molecule has 136 valence electrons. The van der Waals surface area contributed by atoms with Crippen LogP contribution >= 0.6 is 0 Å². The van der Waals surface area contributed by atoms with Crippen LogP contribution in [0.5, 0.6) is 5.75 Å². The number of amides is 2. The van der Waals surface area contributed by atoms with E-state index in [1.54, 1.807) is 19.1 Å². The van der Waals surface area contributed by atoms with E-state index in [4.69, 9.17) is 4.74 Å². The minimum atomic E-state index is -1.09. The van der Waals surface area contributed by atoms with Crippen LogP contribution in [-0.2, 0) is 16.0 Å². The first kappa shape index (κ1) is 17.9. The van der Waals surface area contributed by atoms with Gasteiger partial charge in [-0.3, -0.25) is 4.79 Å². The van der Waals surface area contributed by atoms with E-state index >= 15 is 0 Å². The van der Waals surface area contributed by atoms with Gasteiger partial charge in [-0.25, -0.2) is 9.69 Å². The maximum atomic E-state index is 12.9. The number of carbonyl (C=O) groups excluding carboxylic acids is 2. The summed E-state index contributed by atoms with van der Waals surface area (Å²) in [6, 6.07) is 15.1. The molecule has 2 amide bonds. The first-order valence-corrected chi connectivity index (χ1v) is 8.48. The predicted octanol–water partition coefficient (Wildman–Crippen LogP) is 2.65. The van der Waals surface area contributed by atoms with Gasteiger partial charge in [0, 0.05) is 0 Å². The van der Waals surface area contributed by atoms with Gasteiger partial charge in [-0.15, -0.1) is 0 Å². The number of ether oxygens (including phenoxy) is 1. The van der Waals surface area contributed by atoms with Gasteiger partial charge in [0.15, 0.2) is 0 Å². The van der Waals surface area contributed by atoms with Crippen LogP contribution in [0.1, 0.15) is 24.2 Å². The number of carbonyl (C=O) groups is 2. The summed E-state index contributed by atoms with van der Waals surface area (Å²) in [5.41, 5.74) is 1.50. The number of benzene rings is 2. The Kier molecular flexibility index (Phi) is 5.23. The highest BCUT2D eigenvalue weighted by molar-refractivity contribution is 5.95. The number of imide groups is 1. The third kappa shape index (κ3) is 3.70. The second-order valence-corrected chi connectivity index (χ2v) is 6.45. The van der Waals surface area contributed by atoms with E-state index in [0.717, 1.165) is 10.5 Å². The molecular formula is C20H21NO5. The Balaban J connectivity index is 1.75. The second-order valence-electron chi connectivity index (χ2n) is 6.45. The molecule has 0 radical (unpaired) electrons. The van der Waals surface area contributed by atoms with Crippen molar-refractivity contribution in [1.29, 1.82) is 0 Å². The molecule has 0 bridgehead atoms. The van der Waals surface area contributed by atoms with E-state index in [-0.39, 0.29) is 12.4 Å². The van der Waals surface area contributed by atoms with Crippen LogP contribution in [0.15, 0.2) is 54.6 Å². The summed E-state index contributed by atoms with van der Waals surface area (Å²) in [5, 5.41) is 19.8. The number of phenols is 1. The summed E-state index contributed by atoms with van der Waals surface area (Å²) in [6.45, 7) is 1.71. The van der Waals surface area contributed by atoms with Crippen molar-refractivity contribution in [1.82, 2.24) is 4.90 Å². The first-order valence-electron chi connectivity index (χ1n) is 8.48. The SMILES string of the molecule is C[C@H](C(=O)N1C(=O)OC[C@@H]1Cc1ccccc1)[C@H](O)c1ccc(O)cc1. The van der Waals surface area contributed by atoms with E-state index in [9.17, 15) is 19.8 Å². The van der Waals surface area contributed by atoms with E-state index in [2.05, 4.69) is 0 Å². The lowest BCUT2D eigenvalue weighted by Gasteiger charge is -2.25. The topological polar surface area (TPSA) is 87.1 Å². The highest BCUT2D eigenvalue weighted by Crippen LogP contribution is 2.28. The lowest BCUT2D eigenvalue weighted by molar-refractivity contribution is -0.136. The van der Waals surface area contributed by atoms with Crippen molar-refractivity contribution in [3.63, 3.8) is 0 Å². The van der Waals surface area contributed by atoms with Gasteiger partial charge in [0.05, 0.1) is 18.1 Å². The molecule has 3 atom stereocenters. The van der Waals surface area contributed by atoms with E-state index < -0.39 is 30.1 Å². The van der Waals surface area contributed by atoms with Gasteiger partial charge < -0.3 is 14.9 Å². The first-order chi connectivity index (χ1) is 12.5. The fraction of sp³-hybridized carbons (Fsp3) is 0.300. The number of hydrogen-bond acceptors (Lipinski definition) is 5. The van der Waals surface area contributed by atoms with Crippen LogP contribution in [0, 0.1) is 5.92 Å². The number of phenolic OH excluding ortho intramolecular Hbond substituents is 1. The summed E-state index contributed by atoms with van der Waals surface area (Å²) in [7, 11) is 0. The molecule has 0 unspecified atom stereocenters. The monoisotopic (exact) mass is 355 g/mol. The number of rotatable bonds is 5. The van der Waals surface area contributed by atoms with Crippen molar-refractivity contribution in [3.8, 4) is 5.75 Å². The fourth-order valence-electron chi connectivity index (χ4n) is 3.08. The van der Waals surface area contributed by atoms with Gasteiger partial charge >= 0.3 is 6.09 Å². The van der Waals surface area contributed by atoms with Gasteiger partial charge in [-0.05, 0) is 29.7 Å². The Morgan fingerprint density at radius 3 is 2.50 bits per heavy atom. The third-order valence-corrected chi connectivity index (χ3v) is 4.61. The van der Waals surface area contributed by atoms with Crippen LogP contribution in [0.4, 0.5) is 4.79 Å². The van der Waals surface area contributed by atoms with Gasteiger partial charge in [-0.1, -0.05) is 49.4 Å². The maximum Gasteiger partial charge on any atom is 0.416 e. The Hall–Kier alpha value is -2.86. The molecule has 6 heteroatoms. The molecule has 0 spiro atoms. The number of nitrogens with zero attached hydrogens (tertiary/aromatic N) is 1. The normalized spacial score (nSPS) is 19.1. The Morgan fingerprint density at radius 1 is 1.19 bits per heavy atom. The van der Waals surface area contributed by atoms with Crippen molar-refractivity contribution in [2.75, 3.05) is 6.61 Å². The number of cyclic esters (lactones) is 1. The molecule has 6 nitrogen and oxygen atoms in total. The predicted molar refractivity (Wildman–Crippen MR) is 94.4 cm³/mol. The van der Waals surface area contributed by atoms with E-state index in [0.29, 0.717) is 12.0 Å². The number of hydrogen-bond donors (Lipinski definition) is 2. The molecule has 2 aromatic carbocycles. The standard InChI is InChI=1S/C20H21NO5/c1-13(18(23)15-7-9-17(22)10-8-15)19(24)21-16(12-26-20(21)25)11-14-5-3-2-4-6-14/h2-10,13,16,18,22-23H,11-12H2,1H3/t13-,16-,18-/m0/s1. The number of aliphatic hydroxyl groups is 1.